The van der Waals surface area contributed by atoms with Gasteiger partial charge in [-0.05, 0) is 18.8 Å². The van der Waals surface area contributed by atoms with Gasteiger partial charge in [0.2, 0.25) is 0 Å². The maximum atomic E-state index is 11.6. The predicted molar refractivity (Wildman–Crippen MR) is 69.6 cm³/mol. The number of carbonyl (C=O) groups is 1. The molecular formula is C15H28O. The van der Waals surface area contributed by atoms with Crippen molar-refractivity contribution in [1.82, 2.24) is 0 Å². The van der Waals surface area contributed by atoms with E-state index in [1.807, 2.05) is 0 Å². The van der Waals surface area contributed by atoms with Gasteiger partial charge < -0.3 is 0 Å². The van der Waals surface area contributed by atoms with Gasteiger partial charge >= 0.3 is 0 Å². The van der Waals surface area contributed by atoms with E-state index in [0.717, 1.165) is 25.2 Å². The minimum Gasteiger partial charge on any atom is -0.300 e. The van der Waals surface area contributed by atoms with Gasteiger partial charge in [0.05, 0.1) is 0 Å². The summed E-state index contributed by atoms with van der Waals surface area (Å²) in [6.45, 7) is 2.23. The van der Waals surface area contributed by atoms with E-state index in [2.05, 4.69) is 6.92 Å². The third kappa shape index (κ3) is 6.30. The van der Waals surface area contributed by atoms with Crippen molar-refractivity contribution in [3.63, 3.8) is 0 Å². The molecule has 0 radical (unpaired) electrons. The first-order valence-corrected chi connectivity index (χ1v) is 7.34. The van der Waals surface area contributed by atoms with Crippen LogP contribution in [-0.4, -0.2) is 5.78 Å². The van der Waals surface area contributed by atoms with Crippen molar-refractivity contribution >= 4 is 5.78 Å². The van der Waals surface area contributed by atoms with Crippen LogP contribution in [0.4, 0.5) is 0 Å². The van der Waals surface area contributed by atoms with E-state index in [9.17, 15) is 4.79 Å². The Balaban J connectivity index is 1.90. The molecule has 0 atom stereocenters. The summed E-state index contributed by atoms with van der Waals surface area (Å²) < 4.78 is 0. The second-order valence-corrected chi connectivity index (χ2v) is 5.39. The number of ketones is 1. The highest BCUT2D eigenvalue weighted by atomic mass is 16.1. The molecule has 0 amide bonds. The normalized spacial score (nSPS) is 16.8. The monoisotopic (exact) mass is 224 g/mol. The van der Waals surface area contributed by atoms with Gasteiger partial charge in [-0.25, -0.2) is 0 Å². The van der Waals surface area contributed by atoms with Gasteiger partial charge in [-0.1, -0.05) is 58.3 Å². The molecule has 0 aromatic heterocycles. The van der Waals surface area contributed by atoms with Crippen molar-refractivity contribution < 1.29 is 4.79 Å². The van der Waals surface area contributed by atoms with Gasteiger partial charge in [-0.15, -0.1) is 0 Å². The Morgan fingerprint density at radius 2 is 1.69 bits per heavy atom. The second kappa shape index (κ2) is 8.78. The molecule has 1 aliphatic carbocycles. The van der Waals surface area contributed by atoms with E-state index >= 15 is 0 Å². The summed E-state index contributed by atoms with van der Waals surface area (Å²) in [5, 5.41) is 0. The van der Waals surface area contributed by atoms with Crippen LogP contribution >= 0.6 is 0 Å². The molecule has 1 saturated carbocycles. The van der Waals surface area contributed by atoms with E-state index in [1.54, 1.807) is 0 Å². The van der Waals surface area contributed by atoms with E-state index in [-0.39, 0.29) is 0 Å². The lowest BCUT2D eigenvalue weighted by molar-refractivity contribution is -0.119. The molecule has 0 N–H and O–H groups in total. The van der Waals surface area contributed by atoms with Crippen molar-refractivity contribution in [2.75, 3.05) is 0 Å². The Bertz CT molecular complexity index is 180. The Kier molecular flexibility index (Phi) is 7.54. The first-order chi connectivity index (χ1) is 7.83. The standard InChI is InChI=1S/C15H28O/c1-2-3-4-5-6-11-15(16)13-12-14-9-7-8-10-14/h14H,2-13H2,1H3. The molecule has 1 nitrogen and oxygen atoms in total. The molecule has 16 heavy (non-hydrogen) atoms. The highest BCUT2D eigenvalue weighted by Gasteiger charge is 2.15. The van der Waals surface area contributed by atoms with Gasteiger partial charge in [-0.2, -0.15) is 0 Å². The lowest BCUT2D eigenvalue weighted by Gasteiger charge is -2.07. The summed E-state index contributed by atoms with van der Waals surface area (Å²) in [6.07, 6.45) is 14.7. The van der Waals surface area contributed by atoms with Crippen molar-refractivity contribution in [3.05, 3.63) is 0 Å². The van der Waals surface area contributed by atoms with Gasteiger partial charge in [0.1, 0.15) is 5.78 Å². The molecule has 0 aliphatic heterocycles. The highest BCUT2D eigenvalue weighted by molar-refractivity contribution is 5.78. The molecule has 0 aromatic rings. The average molecular weight is 224 g/mol. The molecule has 0 spiro atoms. The topological polar surface area (TPSA) is 17.1 Å². The van der Waals surface area contributed by atoms with Crippen molar-refractivity contribution in [1.29, 1.82) is 0 Å². The van der Waals surface area contributed by atoms with E-state index in [4.69, 9.17) is 0 Å². The zero-order valence-corrected chi connectivity index (χ0v) is 11.0. The summed E-state index contributed by atoms with van der Waals surface area (Å²) in [4.78, 5) is 11.6. The average Bonchev–Trinajstić information content (AvgIpc) is 2.79. The Morgan fingerprint density at radius 3 is 2.38 bits per heavy atom. The summed E-state index contributed by atoms with van der Waals surface area (Å²) in [5.41, 5.74) is 0. The lowest BCUT2D eigenvalue weighted by atomic mass is 9.98. The van der Waals surface area contributed by atoms with Crippen LogP contribution in [0, 0.1) is 5.92 Å². The molecule has 0 saturated heterocycles. The fraction of sp³-hybridized carbons (Fsp3) is 0.933. The van der Waals surface area contributed by atoms with E-state index < -0.39 is 0 Å². The minimum atomic E-state index is 0.517. The van der Waals surface area contributed by atoms with Crippen molar-refractivity contribution in [2.24, 2.45) is 5.92 Å². The number of hydrogen-bond acceptors (Lipinski definition) is 1. The Hall–Kier alpha value is -0.330. The Labute approximate surface area is 101 Å². The van der Waals surface area contributed by atoms with E-state index in [0.29, 0.717) is 5.78 Å². The maximum absolute atomic E-state index is 11.6. The summed E-state index contributed by atoms with van der Waals surface area (Å²) in [6, 6.07) is 0. The quantitative estimate of drug-likeness (QED) is 0.510. The van der Waals surface area contributed by atoms with Crippen LogP contribution < -0.4 is 0 Å². The molecule has 1 fully saturated rings. The zero-order chi connectivity index (χ0) is 11.6. The first-order valence-electron chi connectivity index (χ1n) is 7.34. The van der Waals surface area contributed by atoms with Crippen molar-refractivity contribution in [2.45, 2.75) is 84.0 Å². The maximum Gasteiger partial charge on any atom is 0.132 e. The molecule has 1 aliphatic rings. The molecule has 0 bridgehead atoms. The summed E-state index contributed by atoms with van der Waals surface area (Å²) in [5.74, 6) is 1.40. The fourth-order valence-electron chi connectivity index (χ4n) is 2.71. The molecule has 1 rings (SSSR count). The lowest BCUT2D eigenvalue weighted by Crippen LogP contribution is -2.02. The zero-order valence-electron chi connectivity index (χ0n) is 11.0. The third-order valence-electron chi connectivity index (χ3n) is 3.87. The second-order valence-electron chi connectivity index (χ2n) is 5.39. The SMILES string of the molecule is CCCCCCCC(=O)CCC1CCCC1. The number of hydrogen-bond donors (Lipinski definition) is 0. The van der Waals surface area contributed by atoms with Gasteiger partial charge in [0, 0.05) is 12.8 Å². The third-order valence-corrected chi connectivity index (χ3v) is 3.87. The number of rotatable bonds is 9. The number of carbonyl (C=O) groups excluding carboxylic acids is 1. The Morgan fingerprint density at radius 1 is 1.00 bits per heavy atom. The summed E-state index contributed by atoms with van der Waals surface area (Å²) >= 11 is 0. The molecule has 1 heteroatoms. The van der Waals surface area contributed by atoms with Crippen LogP contribution in [0.1, 0.15) is 84.0 Å². The van der Waals surface area contributed by atoms with Crippen LogP contribution in [0.25, 0.3) is 0 Å². The first kappa shape index (κ1) is 13.7. The van der Waals surface area contributed by atoms with Crippen molar-refractivity contribution in [3.8, 4) is 0 Å². The minimum absolute atomic E-state index is 0.517. The van der Waals surface area contributed by atoms with Crippen LogP contribution in [0.15, 0.2) is 0 Å². The smallest absolute Gasteiger partial charge is 0.132 e. The van der Waals surface area contributed by atoms with Gasteiger partial charge in [-0.3, -0.25) is 4.79 Å². The van der Waals surface area contributed by atoms with Crippen LogP contribution in [0.2, 0.25) is 0 Å². The largest absolute Gasteiger partial charge is 0.300 e. The number of unbranched alkanes of at least 4 members (excludes halogenated alkanes) is 4. The van der Waals surface area contributed by atoms with E-state index in [1.165, 1.54) is 57.8 Å². The fourth-order valence-corrected chi connectivity index (χ4v) is 2.71. The highest BCUT2D eigenvalue weighted by Crippen LogP contribution is 2.28. The molecule has 0 heterocycles. The predicted octanol–water partition coefficient (Wildman–Crippen LogP) is 4.89. The molecule has 94 valence electrons. The van der Waals surface area contributed by atoms with Crippen LogP contribution in [0.3, 0.4) is 0 Å². The van der Waals surface area contributed by atoms with Gasteiger partial charge in [0.15, 0.2) is 0 Å². The molecular weight excluding hydrogens is 196 g/mol. The summed E-state index contributed by atoms with van der Waals surface area (Å²) in [7, 11) is 0. The van der Waals surface area contributed by atoms with Crippen LogP contribution in [-0.2, 0) is 4.79 Å². The molecule has 0 unspecified atom stereocenters. The number of Topliss-reactive ketones (excluding diaryl/α,β-unsaturated/α-hetero) is 1. The van der Waals surface area contributed by atoms with Gasteiger partial charge in [0.25, 0.3) is 0 Å². The van der Waals surface area contributed by atoms with Crippen LogP contribution in [0.5, 0.6) is 0 Å². The molecule has 0 aromatic carbocycles.